The highest BCUT2D eigenvalue weighted by atomic mass is 19.4. The van der Waals surface area contributed by atoms with E-state index in [1.165, 1.54) is 0 Å². The van der Waals surface area contributed by atoms with Crippen LogP contribution in [0.4, 0.5) is 18.9 Å². The topological polar surface area (TPSA) is 137 Å². The van der Waals surface area contributed by atoms with Crippen LogP contribution in [-0.4, -0.2) is 61.4 Å². The van der Waals surface area contributed by atoms with Gasteiger partial charge in [0, 0.05) is 54.5 Å². The van der Waals surface area contributed by atoms with Gasteiger partial charge < -0.3 is 15.3 Å². The summed E-state index contributed by atoms with van der Waals surface area (Å²) in [6.07, 6.45) is 3.53. The minimum absolute atomic E-state index is 0.0590. The number of carboxylic acid groups (broad SMARTS) is 1. The second-order valence-electron chi connectivity index (χ2n) is 8.08. The predicted octanol–water partition coefficient (Wildman–Crippen LogP) is 2.82. The van der Waals surface area contributed by atoms with E-state index in [0.717, 1.165) is 37.2 Å². The van der Waals surface area contributed by atoms with E-state index < -0.39 is 12.1 Å². The molecular weight excluding hydrogens is 467 g/mol. The van der Waals surface area contributed by atoms with Gasteiger partial charge in [0.15, 0.2) is 5.82 Å². The molecule has 0 radical (unpaired) electrons. The number of hydrogen-bond acceptors (Lipinski definition) is 7. The summed E-state index contributed by atoms with van der Waals surface area (Å²) < 4.78 is 31.7. The molecule has 186 valence electrons. The first kappa shape index (κ1) is 25.6. The van der Waals surface area contributed by atoms with Crippen molar-refractivity contribution in [3.05, 3.63) is 54.9 Å². The van der Waals surface area contributed by atoms with Gasteiger partial charge in [0.2, 0.25) is 5.91 Å². The Morgan fingerprint density at radius 2 is 1.63 bits per heavy atom. The first-order chi connectivity index (χ1) is 16.6. The number of carbonyl (C=O) groups excluding carboxylic acids is 1. The highest BCUT2D eigenvalue weighted by molar-refractivity contribution is 5.82. The number of H-pyrrole nitrogens is 1. The molecule has 0 aromatic carbocycles. The average molecular weight is 491 g/mol. The van der Waals surface area contributed by atoms with Gasteiger partial charge in [-0.1, -0.05) is 6.92 Å². The molecule has 0 aliphatic carbocycles. The fourth-order valence-corrected chi connectivity index (χ4v) is 3.42. The first-order valence-corrected chi connectivity index (χ1v) is 10.6. The highest BCUT2D eigenvalue weighted by Crippen LogP contribution is 2.33. The van der Waals surface area contributed by atoms with Gasteiger partial charge in [0.05, 0.1) is 6.54 Å². The maximum absolute atomic E-state index is 12.8. The molecule has 0 bridgehead atoms. The van der Waals surface area contributed by atoms with E-state index in [1.807, 2.05) is 31.2 Å². The second-order valence-corrected chi connectivity index (χ2v) is 8.08. The van der Waals surface area contributed by atoms with Gasteiger partial charge in [-0.05, 0) is 37.1 Å². The molecule has 35 heavy (non-hydrogen) atoms. The van der Waals surface area contributed by atoms with E-state index in [2.05, 4.69) is 35.4 Å². The largest absolute Gasteiger partial charge is 0.490 e. The number of alkyl halides is 3. The Bertz CT molecular complexity index is 1120. The van der Waals surface area contributed by atoms with Gasteiger partial charge in [-0.3, -0.25) is 19.9 Å². The number of nitrogens with zero attached hydrogens (tertiary/aromatic N) is 5. The maximum atomic E-state index is 12.8. The quantitative estimate of drug-likeness (QED) is 0.496. The predicted molar refractivity (Wildman–Crippen MR) is 119 cm³/mol. The van der Waals surface area contributed by atoms with Crippen LogP contribution in [-0.2, 0) is 16.1 Å². The number of anilines is 1. The van der Waals surface area contributed by atoms with Crippen LogP contribution < -0.4 is 10.2 Å². The molecule has 0 spiro atoms. The van der Waals surface area contributed by atoms with Gasteiger partial charge in [-0.2, -0.15) is 18.3 Å². The van der Waals surface area contributed by atoms with E-state index >= 15 is 0 Å². The van der Waals surface area contributed by atoms with Crippen molar-refractivity contribution >= 4 is 17.6 Å². The maximum Gasteiger partial charge on any atom is 0.490 e. The van der Waals surface area contributed by atoms with Crippen LogP contribution >= 0.6 is 0 Å². The number of carbonyl (C=O) groups is 2. The van der Waals surface area contributed by atoms with E-state index in [-0.39, 0.29) is 11.3 Å². The Labute approximate surface area is 198 Å². The number of rotatable bonds is 5. The van der Waals surface area contributed by atoms with E-state index in [4.69, 9.17) is 9.90 Å². The molecule has 3 N–H and O–H groups in total. The van der Waals surface area contributed by atoms with Crippen molar-refractivity contribution < 1.29 is 27.9 Å². The molecule has 4 heterocycles. The minimum atomic E-state index is -5.08. The van der Waals surface area contributed by atoms with Crippen molar-refractivity contribution in [1.82, 2.24) is 30.5 Å². The number of hydrogen-bond donors (Lipinski definition) is 3. The molecule has 0 atom stereocenters. The summed E-state index contributed by atoms with van der Waals surface area (Å²) in [7, 11) is 0. The molecule has 4 rings (SSSR count). The number of carboxylic acids is 1. The zero-order valence-corrected chi connectivity index (χ0v) is 18.8. The molecule has 3 aromatic rings. The lowest BCUT2D eigenvalue weighted by Gasteiger charge is -2.39. The lowest BCUT2D eigenvalue weighted by molar-refractivity contribution is -0.192. The molecule has 0 saturated carbocycles. The number of nitrogens with one attached hydrogen (secondary N) is 2. The Hall–Kier alpha value is -4.03. The normalized spacial score (nSPS) is 15.0. The summed E-state index contributed by atoms with van der Waals surface area (Å²) in [6, 6.07) is 7.71. The van der Waals surface area contributed by atoms with E-state index in [9.17, 15) is 18.0 Å². The summed E-state index contributed by atoms with van der Waals surface area (Å²) in [4.78, 5) is 36.5. The zero-order chi connectivity index (χ0) is 25.5. The van der Waals surface area contributed by atoms with Gasteiger partial charge in [0.1, 0.15) is 5.82 Å². The molecular formula is C22H24F3N7O3. The molecule has 10 nitrogen and oxygen atoms in total. The fourth-order valence-electron chi connectivity index (χ4n) is 3.42. The summed E-state index contributed by atoms with van der Waals surface area (Å²) >= 11 is 0. The number of piperidine rings is 1. The molecule has 1 amide bonds. The third-order valence-corrected chi connectivity index (χ3v) is 5.57. The smallest absolute Gasteiger partial charge is 0.475 e. The molecule has 1 fully saturated rings. The van der Waals surface area contributed by atoms with Crippen LogP contribution in [0.3, 0.4) is 0 Å². The van der Waals surface area contributed by atoms with Crippen molar-refractivity contribution in [3.8, 4) is 11.4 Å². The number of aromatic amines is 1. The van der Waals surface area contributed by atoms with Gasteiger partial charge in [-0.15, -0.1) is 0 Å². The third kappa shape index (κ3) is 6.98. The number of pyridine rings is 2. The number of amides is 1. The van der Waals surface area contributed by atoms with Crippen LogP contribution in [0.15, 0.2) is 49.1 Å². The first-order valence-electron chi connectivity index (χ1n) is 10.6. The van der Waals surface area contributed by atoms with Gasteiger partial charge >= 0.3 is 12.1 Å². The summed E-state index contributed by atoms with van der Waals surface area (Å²) in [5, 5.41) is 17.2. The Morgan fingerprint density at radius 1 is 1.09 bits per heavy atom. The lowest BCUT2D eigenvalue weighted by Crippen LogP contribution is -2.47. The SMILES string of the molecule is CC1(C(=O)NCc2nc(-c3ccncc3)n[nH]2)CCN(c2ccncc2)CC1.O=C(O)C(F)(F)F. The van der Waals surface area contributed by atoms with Crippen molar-refractivity contribution in [2.45, 2.75) is 32.5 Å². The van der Waals surface area contributed by atoms with Crippen LogP contribution in [0.25, 0.3) is 11.4 Å². The molecule has 13 heteroatoms. The zero-order valence-electron chi connectivity index (χ0n) is 18.8. The van der Waals surface area contributed by atoms with Crippen molar-refractivity contribution in [1.29, 1.82) is 0 Å². The second kappa shape index (κ2) is 10.9. The summed E-state index contributed by atoms with van der Waals surface area (Å²) in [5.74, 6) is -1.46. The van der Waals surface area contributed by atoms with E-state index in [0.29, 0.717) is 18.2 Å². The summed E-state index contributed by atoms with van der Waals surface area (Å²) in [6.45, 7) is 4.07. The van der Waals surface area contributed by atoms with Crippen molar-refractivity contribution in [3.63, 3.8) is 0 Å². The monoisotopic (exact) mass is 491 g/mol. The third-order valence-electron chi connectivity index (χ3n) is 5.57. The van der Waals surface area contributed by atoms with E-state index in [1.54, 1.807) is 24.8 Å². The molecule has 1 saturated heterocycles. The standard InChI is InChI=1S/C20H23N7O.C2HF3O2/c1-20(6-12-27(13-7-20)16-4-10-22-11-5-16)19(28)23-14-17-24-18(26-25-17)15-2-8-21-9-3-15;3-2(4,5)1(6)7/h2-5,8-11H,6-7,12-14H2,1H3,(H,23,28)(H,24,25,26);(H,6,7). The minimum Gasteiger partial charge on any atom is -0.475 e. The van der Waals surface area contributed by atoms with Crippen LogP contribution in [0.5, 0.6) is 0 Å². The van der Waals surface area contributed by atoms with Crippen molar-refractivity contribution in [2.24, 2.45) is 5.41 Å². The van der Waals surface area contributed by atoms with Gasteiger partial charge in [0.25, 0.3) is 0 Å². The Balaban J connectivity index is 0.000000429. The van der Waals surface area contributed by atoms with Crippen LogP contribution in [0, 0.1) is 5.41 Å². The molecule has 1 aliphatic heterocycles. The Morgan fingerprint density at radius 3 is 2.17 bits per heavy atom. The molecule has 1 aliphatic rings. The van der Waals surface area contributed by atoms with Crippen LogP contribution in [0.1, 0.15) is 25.6 Å². The van der Waals surface area contributed by atoms with Gasteiger partial charge in [-0.25, -0.2) is 9.78 Å². The fraction of sp³-hybridized carbons (Fsp3) is 0.364. The van der Waals surface area contributed by atoms with Crippen molar-refractivity contribution in [2.75, 3.05) is 18.0 Å². The number of halogens is 3. The lowest BCUT2D eigenvalue weighted by atomic mass is 9.79. The Kier molecular flexibility index (Phi) is 7.99. The molecule has 0 unspecified atom stereocenters. The number of aromatic nitrogens is 5. The average Bonchev–Trinajstić information content (AvgIpc) is 3.33. The van der Waals surface area contributed by atoms with Crippen LogP contribution in [0.2, 0.25) is 0 Å². The molecule has 3 aromatic heterocycles. The highest BCUT2D eigenvalue weighted by Gasteiger charge is 2.38. The number of aliphatic carboxylic acids is 1. The summed E-state index contributed by atoms with van der Waals surface area (Å²) in [5.41, 5.74) is 1.67.